The van der Waals surface area contributed by atoms with E-state index in [-0.39, 0.29) is 6.03 Å². The molecule has 28 heavy (non-hydrogen) atoms. The van der Waals surface area contributed by atoms with Crippen LogP contribution in [0.5, 0.6) is 5.75 Å². The van der Waals surface area contributed by atoms with Crippen LogP contribution >= 0.6 is 0 Å². The molecule has 2 amide bonds. The van der Waals surface area contributed by atoms with Gasteiger partial charge in [0.1, 0.15) is 17.7 Å². The molecule has 1 aliphatic carbocycles. The minimum atomic E-state index is -0.111. The Bertz CT molecular complexity index is 827. The number of carbonyl (C=O) groups is 1. The van der Waals surface area contributed by atoms with Crippen LogP contribution < -0.4 is 10.1 Å². The first-order valence-corrected chi connectivity index (χ1v) is 10.1. The van der Waals surface area contributed by atoms with Crippen LogP contribution in [0.25, 0.3) is 6.08 Å². The van der Waals surface area contributed by atoms with E-state index < -0.39 is 0 Å². The molecule has 2 heterocycles. The number of amides is 2. The monoisotopic (exact) mass is 381 g/mol. The lowest BCUT2D eigenvalue weighted by Crippen LogP contribution is -2.42. The topological polar surface area (TPSA) is 67.6 Å². The first-order chi connectivity index (χ1) is 13.7. The maximum atomic E-state index is 12.4. The predicted octanol–water partition coefficient (Wildman–Crippen LogP) is 4.81. The van der Waals surface area contributed by atoms with Gasteiger partial charge in [0.2, 0.25) is 0 Å². The second-order valence-electron chi connectivity index (χ2n) is 7.81. The summed E-state index contributed by atoms with van der Waals surface area (Å²) in [5, 5.41) is 6.41. The van der Waals surface area contributed by atoms with E-state index in [2.05, 4.69) is 35.6 Å². The van der Waals surface area contributed by atoms with Crippen LogP contribution in [0.3, 0.4) is 0 Å². The molecule has 148 valence electrons. The Kier molecular flexibility index (Phi) is 5.65. The minimum Gasteiger partial charge on any atom is -0.494 e. The van der Waals surface area contributed by atoms with Crippen LogP contribution in [-0.4, -0.2) is 35.8 Å². The average Bonchev–Trinajstić information content (AvgIpc) is 3.37. The Morgan fingerprint density at radius 2 is 2.32 bits per heavy atom. The molecule has 1 aromatic heterocycles. The van der Waals surface area contributed by atoms with Gasteiger partial charge in [0, 0.05) is 13.1 Å². The number of benzene rings is 1. The molecule has 1 unspecified atom stereocenters. The number of nitrogens with zero attached hydrogens (tertiary/aromatic N) is 2. The van der Waals surface area contributed by atoms with Crippen molar-refractivity contribution in [1.82, 2.24) is 10.1 Å². The summed E-state index contributed by atoms with van der Waals surface area (Å²) in [6, 6.07) is 8.18. The van der Waals surface area contributed by atoms with Crippen LogP contribution in [0, 0.1) is 11.8 Å². The summed E-state index contributed by atoms with van der Waals surface area (Å²) in [5.41, 5.74) is 3.11. The number of rotatable bonds is 6. The molecular formula is C22H27N3O3. The summed E-state index contributed by atoms with van der Waals surface area (Å²) in [6.07, 6.45) is 9.92. The maximum absolute atomic E-state index is 12.4. The summed E-state index contributed by atoms with van der Waals surface area (Å²) in [5.74, 6) is 2.13. The zero-order valence-electron chi connectivity index (χ0n) is 16.3. The van der Waals surface area contributed by atoms with Crippen LogP contribution in [0.4, 0.5) is 10.5 Å². The number of hydrogen-bond donors (Lipinski definition) is 1. The minimum absolute atomic E-state index is 0.111. The van der Waals surface area contributed by atoms with E-state index in [1.807, 2.05) is 17.0 Å². The zero-order valence-corrected chi connectivity index (χ0v) is 16.3. The molecule has 1 atom stereocenters. The van der Waals surface area contributed by atoms with E-state index in [0.29, 0.717) is 24.7 Å². The highest BCUT2D eigenvalue weighted by Gasteiger charge is 2.24. The fourth-order valence-corrected chi connectivity index (χ4v) is 3.58. The fourth-order valence-electron chi connectivity index (χ4n) is 3.58. The normalized spacial score (nSPS) is 21.0. The second-order valence-corrected chi connectivity index (χ2v) is 7.81. The number of urea groups is 1. The molecule has 6 heteroatoms. The molecule has 0 bridgehead atoms. The van der Waals surface area contributed by atoms with Crippen molar-refractivity contribution in [2.24, 2.45) is 11.8 Å². The Labute approximate surface area is 165 Å². The highest BCUT2D eigenvalue weighted by molar-refractivity contribution is 5.89. The first-order valence-electron chi connectivity index (χ1n) is 10.1. The number of carbonyl (C=O) groups excluding carboxylic acids is 1. The zero-order chi connectivity index (χ0) is 19.3. The molecule has 0 spiro atoms. The van der Waals surface area contributed by atoms with Gasteiger partial charge in [-0.25, -0.2) is 4.79 Å². The summed E-state index contributed by atoms with van der Waals surface area (Å²) < 4.78 is 10.7. The van der Waals surface area contributed by atoms with Crippen LogP contribution in [-0.2, 0) is 0 Å². The molecule has 1 aliphatic heterocycles. The van der Waals surface area contributed by atoms with E-state index in [4.69, 9.17) is 9.26 Å². The Hall–Kier alpha value is -2.76. The fraction of sp³-hybridized carbons (Fsp3) is 0.455. The van der Waals surface area contributed by atoms with Crippen molar-refractivity contribution < 1.29 is 14.1 Å². The van der Waals surface area contributed by atoms with Crippen molar-refractivity contribution in [3.8, 4) is 5.75 Å². The summed E-state index contributed by atoms with van der Waals surface area (Å²) in [6.45, 7) is 4.36. The van der Waals surface area contributed by atoms with Crippen LogP contribution in [0.2, 0.25) is 0 Å². The standard InChI is InChI=1S/C22H27N3O3/c1-16-14-25(22(26)24-20-13-23-28-15-20)9-7-19(16)11-18-3-2-4-21(12-18)27-10-8-17-5-6-17/h2-4,11-13,15-17H,5-10,14H2,1H3,(H,24,26)/b19-11+. The number of piperidine rings is 1. The third-order valence-corrected chi connectivity index (χ3v) is 5.47. The van der Waals surface area contributed by atoms with Gasteiger partial charge in [-0.3, -0.25) is 0 Å². The lowest BCUT2D eigenvalue weighted by molar-refractivity contribution is 0.198. The second kappa shape index (κ2) is 8.50. The van der Waals surface area contributed by atoms with Crippen molar-refractivity contribution in [2.45, 2.75) is 32.6 Å². The number of anilines is 1. The number of ether oxygens (including phenoxy) is 1. The van der Waals surface area contributed by atoms with Crippen molar-refractivity contribution in [3.63, 3.8) is 0 Å². The number of likely N-dealkylation sites (tertiary alicyclic amines) is 1. The maximum Gasteiger partial charge on any atom is 0.322 e. The lowest BCUT2D eigenvalue weighted by atomic mass is 9.91. The number of nitrogens with one attached hydrogen (secondary N) is 1. The van der Waals surface area contributed by atoms with Crippen molar-refractivity contribution in [2.75, 3.05) is 25.0 Å². The largest absolute Gasteiger partial charge is 0.494 e. The predicted molar refractivity (Wildman–Crippen MR) is 108 cm³/mol. The van der Waals surface area contributed by atoms with Crippen LogP contribution in [0.15, 0.2) is 46.8 Å². The Morgan fingerprint density at radius 3 is 3.07 bits per heavy atom. The number of hydrogen-bond acceptors (Lipinski definition) is 4. The van der Waals surface area contributed by atoms with Crippen molar-refractivity contribution in [3.05, 3.63) is 47.9 Å². The lowest BCUT2D eigenvalue weighted by Gasteiger charge is -2.33. The first kappa shape index (κ1) is 18.6. The van der Waals surface area contributed by atoms with Crippen LogP contribution in [0.1, 0.15) is 38.2 Å². The van der Waals surface area contributed by atoms with Gasteiger partial charge in [-0.05, 0) is 42.4 Å². The smallest absolute Gasteiger partial charge is 0.322 e. The van der Waals surface area contributed by atoms with Gasteiger partial charge in [-0.2, -0.15) is 0 Å². The van der Waals surface area contributed by atoms with Crippen molar-refractivity contribution >= 4 is 17.8 Å². The third kappa shape index (κ3) is 4.94. The van der Waals surface area contributed by atoms with Gasteiger partial charge in [0.25, 0.3) is 0 Å². The number of aromatic nitrogens is 1. The SMILES string of the molecule is CC1CN(C(=O)Nc2cnoc2)CC/C1=C\c1cccc(OCCC2CC2)c1. The van der Waals surface area contributed by atoms with E-state index in [0.717, 1.165) is 36.7 Å². The van der Waals surface area contributed by atoms with E-state index in [1.165, 1.54) is 30.9 Å². The molecular weight excluding hydrogens is 354 g/mol. The van der Waals surface area contributed by atoms with Crippen molar-refractivity contribution in [1.29, 1.82) is 0 Å². The molecule has 1 saturated carbocycles. The summed E-state index contributed by atoms with van der Waals surface area (Å²) in [4.78, 5) is 14.2. The Balaban J connectivity index is 1.33. The van der Waals surface area contributed by atoms with Gasteiger partial charge >= 0.3 is 6.03 Å². The highest BCUT2D eigenvalue weighted by Crippen LogP contribution is 2.32. The molecule has 2 aromatic rings. The van der Waals surface area contributed by atoms with Gasteiger partial charge in [-0.15, -0.1) is 0 Å². The molecule has 2 aliphatic rings. The molecule has 1 aromatic carbocycles. The quantitative estimate of drug-likeness (QED) is 0.780. The van der Waals surface area contributed by atoms with Gasteiger partial charge in [0.05, 0.1) is 12.8 Å². The molecule has 1 saturated heterocycles. The Morgan fingerprint density at radius 1 is 1.43 bits per heavy atom. The molecule has 6 nitrogen and oxygen atoms in total. The van der Waals surface area contributed by atoms with E-state index in [1.54, 1.807) is 0 Å². The molecule has 2 fully saturated rings. The molecule has 4 rings (SSSR count). The van der Waals surface area contributed by atoms with E-state index in [9.17, 15) is 4.79 Å². The third-order valence-electron chi connectivity index (χ3n) is 5.47. The van der Waals surface area contributed by atoms with Gasteiger partial charge in [-0.1, -0.05) is 48.7 Å². The van der Waals surface area contributed by atoms with Gasteiger partial charge < -0.3 is 19.5 Å². The molecule has 1 N–H and O–H groups in total. The molecule has 0 radical (unpaired) electrons. The highest BCUT2D eigenvalue weighted by atomic mass is 16.5. The van der Waals surface area contributed by atoms with E-state index >= 15 is 0 Å². The summed E-state index contributed by atoms with van der Waals surface area (Å²) in [7, 11) is 0. The summed E-state index contributed by atoms with van der Waals surface area (Å²) >= 11 is 0. The van der Waals surface area contributed by atoms with Gasteiger partial charge in [0.15, 0.2) is 0 Å². The average molecular weight is 381 g/mol.